The Morgan fingerprint density at radius 1 is 1.28 bits per heavy atom. The van der Waals surface area contributed by atoms with Crippen LogP contribution in [0.3, 0.4) is 0 Å². The Labute approximate surface area is 119 Å². The van der Waals surface area contributed by atoms with Crippen LogP contribution in [-0.2, 0) is 6.54 Å². The highest BCUT2D eigenvalue weighted by Gasteiger charge is 2.06. The number of aryl methyl sites for hydroxylation is 1. The lowest BCUT2D eigenvalue weighted by atomic mass is 10.2. The summed E-state index contributed by atoms with van der Waals surface area (Å²) in [4.78, 5) is 0. The summed E-state index contributed by atoms with van der Waals surface area (Å²) in [5.74, 6) is -0.290. The number of benzene rings is 2. The van der Waals surface area contributed by atoms with Gasteiger partial charge in [0.15, 0.2) is 0 Å². The molecule has 0 unspecified atom stereocenters. The van der Waals surface area contributed by atoms with Crippen molar-refractivity contribution in [2.45, 2.75) is 13.5 Å². The van der Waals surface area contributed by atoms with E-state index in [1.807, 2.05) is 25.1 Å². The fraction of sp³-hybridized carbons (Fsp3) is 0.143. The molecule has 0 saturated carbocycles. The van der Waals surface area contributed by atoms with Crippen LogP contribution in [0.2, 0.25) is 5.02 Å². The first-order valence-corrected chi connectivity index (χ1v) is 6.67. The molecular weight excluding hydrogens is 317 g/mol. The third kappa shape index (κ3) is 3.24. The number of hydrogen-bond donors (Lipinski definition) is 1. The smallest absolute Gasteiger partial charge is 0.129 e. The van der Waals surface area contributed by atoms with Gasteiger partial charge in [-0.25, -0.2) is 4.39 Å². The van der Waals surface area contributed by atoms with Crippen LogP contribution in [0.25, 0.3) is 0 Å². The van der Waals surface area contributed by atoms with Crippen LogP contribution in [0.15, 0.2) is 40.9 Å². The SMILES string of the molecule is Cc1cc(Br)cc(NCc2c(F)cccc2Cl)c1. The number of hydrogen-bond acceptors (Lipinski definition) is 1. The highest BCUT2D eigenvalue weighted by atomic mass is 79.9. The predicted octanol–water partition coefficient (Wildman–Crippen LogP) is 5.16. The average molecular weight is 329 g/mol. The zero-order valence-corrected chi connectivity index (χ0v) is 12.1. The van der Waals surface area contributed by atoms with E-state index in [-0.39, 0.29) is 5.82 Å². The van der Waals surface area contributed by atoms with Gasteiger partial charge in [0.05, 0.1) is 0 Å². The Bertz CT molecular complexity index is 531. The Kier molecular flexibility index (Phi) is 4.25. The van der Waals surface area contributed by atoms with Gasteiger partial charge in [-0.3, -0.25) is 0 Å². The first kappa shape index (κ1) is 13.4. The van der Waals surface area contributed by atoms with E-state index in [2.05, 4.69) is 21.2 Å². The lowest BCUT2D eigenvalue weighted by Gasteiger charge is -2.10. The van der Waals surface area contributed by atoms with Gasteiger partial charge < -0.3 is 5.32 Å². The maximum Gasteiger partial charge on any atom is 0.129 e. The van der Waals surface area contributed by atoms with Crippen molar-refractivity contribution in [3.8, 4) is 0 Å². The van der Waals surface area contributed by atoms with Gasteiger partial charge in [-0.05, 0) is 42.8 Å². The van der Waals surface area contributed by atoms with Gasteiger partial charge in [0.1, 0.15) is 5.82 Å². The molecule has 0 spiro atoms. The summed E-state index contributed by atoms with van der Waals surface area (Å²) in [6, 6.07) is 10.7. The highest BCUT2D eigenvalue weighted by Crippen LogP contribution is 2.23. The molecule has 0 fully saturated rings. The fourth-order valence-corrected chi connectivity index (χ4v) is 2.57. The fourth-order valence-electron chi connectivity index (χ4n) is 1.73. The van der Waals surface area contributed by atoms with Gasteiger partial charge in [-0.15, -0.1) is 0 Å². The molecule has 0 saturated heterocycles. The highest BCUT2D eigenvalue weighted by molar-refractivity contribution is 9.10. The minimum absolute atomic E-state index is 0.290. The van der Waals surface area contributed by atoms with E-state index in [1.54, 1.807) is 12.1 Å². The van der Waals surface area contributed by atoms with Gasteiger partial charge in [-0.2, -0.15) is 0 Å². The monoisotopic (exact) mass is 327 g/mol. The van der Waals surface area contributed by atoms with Crippen molar-refractivity contribution in [3.63, 3.8) is 0 Å². The molecule has 0 heterocycles. The van der Waals surface area contributed by atoms with Crippen molar-refractivity contribution < 1.29 is 4.39 Å². The molecule has 0 bridgehead atoms. The molecule has 0 aliphatic heterocycles. The van der Waals surface area contributed by atoms with E-state index in [0.29, 0.717) is 17.1 Å². The molecular formula is C14H12BrClFN. The molecule has 2 aromatic rings. The Morgan fingerprint density at radius 2 is 2.06 bits per heavy atom. The number of anilines is 1. The van der Waals surface area contributed by atoms with E-state index in [0.717, 1.165) is 15.7 Å². The third-order valence-electron chi connectivity index (χ3n) is 2.57. The van der Waals surface area contributed by atoms with Crippen LogP contribution in [0.5, 0.6) is 0 Å². The van der Waals surface area contributed by atoms with E-state index in [1.165, 1.54) is 6.07 Å². The van der Waals surface area contributed by atoms with Crippen LogP contribution in [-0.4, -0.2) is 0 Å². The van der Waals surface area contributed by atoms with Crippen LogP contribution in [0.1, 0.15) is 11.1 Å². The molecule has 0 aromatic heterocycles. The maximum absolute atomic E-state index is 13.6. The lowest BCUT2D eigenvalue weighted by molar-refractivity contribution is 0.613. The summed E-state index contributed by atoms with van der Waals surface area (Å²) >= 11 is 9.40. The Balaban J connectivity index is 2.16. The molecule has 94 valence electrons. The van der Waals surface area contributed by atoms with Gasteiger partial charge in [0, 0.05) is 27.3 Å². The second-order valence-corrected chi connectivity index (χ2v) is 5.39. The molecule has 0 aliphatic rings. The van der Waals surface area contributed by atoms with Crippen molar-refractivity contribution in [1.82, 2.24) is 0 Å². The Hall–Kier alpha value is -1.06. The number of rotatable bonds is 3. The van der Waals surface area contributed by atoms with Gasteiger partial charge in [0.25, 0.3) is 0 Å². The normalized spacial score (nSPS) is 10.4. The second kappa shape index (κ2) is 5.72. The van der Waals surface area contributed by atoms with Crippen molar-refractivity contribution in [2.24, 2.45) is 0 Å². The van der Waals surface area contributed by atoms with E-state index < -0.39 is 0 Å². The van der Waals surface area contributed by atoms with Gasteiger partial charge in [-0.1, -0.05) is 33.6 Å². The summed E-state index contributed by atoms with van der Waals surface area (Å²) in [6.45, 7) is 2.37. The first-order chi connectivity index (χ1) is 8.56. The molecule has 4 heteroatoms. The summed E-state index contributed by atoms with van der Waals surface area (Å²) in [7, 11) is 0. The van der Waals surface area contributed by atoms with Gasteiger partial charge in [0.2, 0.25) is 0 Å². The molecule has 0 radical (unpaired) electrons. The standard InChI is InChI=1S/C14H12BrClFN/c1-9-5-10(15)7-11(6-9)18-8-12-13(16)3-2-4-14(12)17/h2-7,18H,8H2,1H3. The van der Waals surface area contributed by atoms with Crippen molar-refractivity contribution in [1.29, 1.82) is 0 Å². The molecule has 0 atom stereocenters. The maximum atomic E-state index is 13.6. The van der Waals surface area contributed by atoms with Crippen LogP contribution in [0.4, 0.5) is 10.1 Å². The summed E-state index contributed by atoms with van der Waals surface area (Å²) < 4.78 is 14.6. The van der Waals surface area contributed by atoms with Crippen LogP contribution < -0.4 is 5.32 Å². The van der Waals surface area contributed by atoms with Crippen LogP contribution in [0, 0.1) is 12.7 Å². The predicted molar refractivity (Wildman–Crippen MR) is 77.6 cm³/mol. The lowest BCUT2D eigenvalue weighted by Crippen LogP contribution is -2.02. The summed E-state index contributed by atoms with van der Waals surface area (Å²) in [6.07, 6.45) is 0. The molecule has 0 aliphatic carbocycles. The molecule has 1 nitrogen and oxygen atoms in total. The van der Waals surface area contributed by atoms with Crippen molar-refractivity contribution in [2.75, 3.05) is 5.32 Å². The number of nitrogens with one attached hydrogen (secondary N) is 1. The second-order valence-electron chi connectivity index (χ2n) is 4.07. The molecule has 2 rings (SSSR count). The van der Waals surface area contributed by atoms with E-state index in [9.17, 15) is 4.39 Å². The summed E-state index contributed by atoms with van der Waals surface area (Å²) in [5, 5.41) is 3.61. The average Bonchev–Trinajstić information content (AvgIpc) is 2.27. The van der Waals surface area contributed by atoms with E-state index in [4.69, 9.17) is 11.6 Å². The van der Waals surface area contributed by atoms with E-state index >= 15 is 0 Å². The largest absolute Gasteiger partial charge is 0.381 e. The molecule has 18 heavy (non-hydrogen) atoms. The van der Waals surface area contributed by atoms with Crippen molar-refractivity contribution >= 4 is 33.2 Å². The van der Waals surface area contributed by atoms with Crippen molar-refractivity contribution in [3.05, 3.63) is 62.8 Å². The van der Waals surface area contributed by atoms with Crippen LogP contribution >= 0.6 is 27.5 Å². The zero-order valence-electron chi connectivity index (χ0n) is 9.81. The quantitative estimate of drug-likeness (QED) is 0.820. The third-order valence-corrected chi connectivity index (χ3v) is 3.39. The first-order valence-electron chi connectivity index (χ1n) is 5.50. The topological polar surface area (TPSA) is 12.0 Å². The minimum Gasteiger partial charge on any atom is -0.381 e. The minimum atomic E-state index is -0.290. The molecule has 0 amide bonds. The molecule has 1 N–H and O–H groups in total. The van der Waals surface area contributed by atoms with Gasteiger partial charge >= 0.3 is 0 Å². The Morgan fingerprint density at radius 3 is 2.72 bits per heavy atom. The summed E-state index contributed by atoms with van der Waals surface area (Å²) in [5.41, 5.74) is 2.55. The number of halogens is 3. The zero-order chi connectivity index (χ0) is 13.1. The molecule has 2 aromatic carbocycles.